The van der Waals surface area contributed by atoms with E-state index in [-0.39, 0.29) is 0 Å². The summed E-state index contributed by atoms with van der Waals surface area (Å²) >= 11 is 0. The van der Waals surface area contributed by atoms with E-state index in [2.05, 4.69) is 47.2 Å². The Hall–Kier alpha value is -0.870. The van der Waals surface area contributed by atoms with Gasteiger partial charge >= 0.3 is 0 Å². The van der Waals surface area contributed by atoms with E-state index in [1.165, 1.54) is 31.7 Å². The van der Waals surface area contributed by atoms with Gasteiger partial charge in [0.05, 0.1) is 12.0 Å². The maximum atomic E-state index is 4.19. The van der Waals surface area contributed by atoms with Gasteiger partial charge in [-0.1, -0.05) is 0 Å². The highest BCUT2D eigenvalue weighted by Gasteiger charge is 2.24. The first-order chi connectivity index (χ1) is 8.47. The van der Waals surface area contributed by atoms with Gasteiger partial charge in [0, 0.05) is 38.4 Å². The van der Waals surface area contributed by atoms with Crippen LogP contribution in [0, 0.1) is 0 Å². The molecule has 0 aromatic carbocycles. The van der Waals surface area contributed by atoms with E-state index < -0.39 is 0 Å². The molecule has 0 amide bonds. The molecule has 4 nitrogen and oxygen atoms in total. The Morgan fingerprint density at radius 1 is 1.17 bits per heavy atom. The smallest absolute Gasteiger partial charge is 0.0945 e. The van der Waals surface area contributed by atoms with Crippen molar-refractivity contribution in [2.24, 2.45) is 7.05 Å². The lowest BCUT2D eigenvalue weighted by molar-refractivity contribution is 0.140. The molecule has 102 valence electrons. The molecule has 0 N–H and O–H groups in total. The molecule has 1 aliphatic heterocycles. The maximum Gasteiger partial charge on any atom is 0.0945 e. The number of nitrogens with zero attached hydrogens (tertiary/aromatic N) is 4. The predicted octanol–water partition coefficient (Wildman–Crippen LogP) is 1.73. The highest BCUT2D eigenvalue weighted by atomic mass is 15.3. The maximum absolute atomic E-state index is 4.19. The number of imidazole rings is 1. The van der Waals surface area contributed by atoms with E-state index in [0.29, 0.717) is 5.54 Å². The first-order valence-electron chi connectivity index (χ1n) is 6.89. The van der Waals surface area contributed by atoms with E-state index in [0.717, 1.165) is 13.1 Å². The summed E-state index contributed by atoms with van der Waals surface area (Å²) in [5.74, 6) is 0. The molecule has 1 aromatic heterocycles. The van der Waals surface area contributed by atoms with Crippen molar-refractivity contribution >= 4 is 0 Å². The molecule has 1 saturated heterocycles. The molecule has 4 heteroatoms. The molecule has 0 unspecified atom stereocenters. The molecule has 0 bridgehead atoms. The zero-order valence-electron chi connectivity index (χ0n) is 12.2. The van der Waals surface area contributed by atoms with E-state index in [1.54, 1.807) is 0 Å². The van der Waals surface area contributed by atoms with Gasteiger partial charge in [0.15, 0.2) is 0 Å². The number of aryl methyl sites for hydroxylation is 1. The van der Waals surface area contributed by atoms with Crippen molar-refractivity contribution in [3.63, 3.8) is 0 Å². The summed E-state index contributed by atoms with van der Waals surface area (Å²) in [4.78, 5) is 9.33. The second kappa shape index (κ2) is 5.41. The summed E-state index contributed by atoms with van der Waals surface area (Å²) in [6.45, 7) is 12.7. The first-order valence-corrected chi connectivity index (χ1v) is 6.89. The summed E-state index contributed by atoms with van der Waals surface area (Å²) < 4.78 is 2.12. The van der Waals surface area contributed by atoms with Crippen molar-refractivity contribution in [3.05, 3.63) is 18.2 Å². The van der Waals surface area contributed by atoms with Gasteiger partial charge in [-0.2, -0.15) is 0 Å². The standard InChI is InChI=1S/C14H26N4/c1-14(2,3)18-7-5-6-17(8-9-18)11-13-10-15-12-16(13)4/h10,12H,5-9,11H2,1-4H3. The molecule has 1 aromatic rings. The van der Waals surface area contributed by atoms with Gasteiger partial charge < -0.3 is 4.57 Å². The third kappa shape index (κ3) is 3.33. The fourth-order valence-corrected chi connectivity index (χ4v) is 2.57. The highest BCUT2D eigenvalue weighted by molar-refractivity contribution is 4.97. The lowest BCUT2D eigenvalue weighted by Gasteiger charge is -2.34. The van der Waals surface area contributed by atoms with Crippen LogP contribution in [0.3, 0.4) is 0 Å². The van der Waals surface area contributed by atoms with Crippen LogP contribution in [0.4, 0.5) is 0 Å². The second-order valence-electron chi connectivity index (χ2n) is 6.28. The Labute approximate surface area is 111 Å². The van der Waals surface area contributed by atoms with Crippen LogP contribution in [0.2, 0.25) is 0 Å². The van der Waals surface area contributed by atoms with Gasteiger partial charge in [-0.05, 0) is 40.3 Å². The van der Waals surface area contributed by atoms with Crippen molar-refractivity contribution in [2.75, 3.05) is 26.2 Å². The van der Waals surface area contributed by atoms with E-state index in [1.807, 2.05) is 12.5 Å². The highest BCUT2D eigenvalue weighted by Crippen LogP contribution is 2.16. The van der Waals surface area contributed by atoms with Crippen LogP contribution < -0.4 is 0 Å². The molecule has 0 saturated carbocycles. The SMILES string of the molecule is Cn1cncc1CN1CCCN(C(C)(C)C)CC1. The minimum atomic E-state index is 0.294. The molecule has 1 fully saturated rings. The van der Waals surface area contributed by atoms with Crippen molar-refractivity contribution in [2.45, 2.75) is 39.3 Å². The molecule has 2 rings (SSSR count). The van der Waals surface area contributed by atoms with Gasteiger partial charge in [0.25, 0.3) is 0 Å². The third-order valence-corrected chi connectivity index (χ3v) is 3.84. The Balaban J connectivity index is 1.92. The molecule has 0 spiro atoms. The van der Waals surface area contributed by atoms with Crippen LogP contribution in [-0.4, -0.2) is 51.1 Å². The summed E-state index contributed by atoms with van der Waals surface area (Å²) in [6, 6.07) is 0. The average Bonchev–Trinajstić information content (AvgIpc) is 2.54. The zero-order valence-corrected chi connectivity index (χ0v) is 12.2. The summed E-state index contributed by atoms with van der Waals surface area (Å²) in [6.07, 6.45) is 5.12. The zero-order chi connectivity index (χ0) is 13.2. The fourth-order valence-electron chi connectivity index (χ4n) is 2.57. The van der Waals surface area contributed by atoms with Gasteiger partial charge in [0.2, 0.25) is 0 Å². The van der Waals surface area contributed by atoms with Crippen LogP contribution in [0.5, 0.6) is 0 Å². The van der Waals surface area contributed by atoms with E-state index >= 15 is 0 Å². The largest absolute Gasteiger partial charge is 0.337 e. The summed E-state index contributed by atoms with van der Waals surface area (Å²) in [5.41, 5.74) is 1.60. The Morgan fingerprint density at radius 3 is 2.56 bits per heavy atom. The van der Waals surface area contributed by atoms with Crippen molar-refractivity contribution in [1.82, 2.24) is 19.4 Å². The van der Waals surface area contributed by atoms with Gasteiger partial charge in [0.1, 0.15) is 0 Å². The Kier molecular flexibility index (Phi) is 4.07. The predicted molar refractivity (Wildman–Crippen MR) is 74.4 cm³/mol. The van der Waals surface area contributed by atoms with Gasteiger partial charge in [-0.25, -0.2) is 4.98 Å². The third-order valence-electron chi connectivity index (χ3n) is 3.84. The topological polar surface area (TPSA) is 24.3 Å². The molecular weight excluding hydrogens is 224 g/mol. The van der Waals surface area contributed by atoms with Gasteiger partial charge in [-0.15, -0.1) is 0 Å². The van der Waals surface area contributed by atoms with Crippen molar-refractivity contribution in [3.8, 4) is 0 Å². The normalized spacial score (nSPS) is 20.0. The molecule has 0 atom stereocenters. The van der Waals surface area contributed by atoms with Crippen LogP contribution in [-0.2, 0) is 13.6 Å². The Bertz CT molecular complexity index is 377. The molecule has 0 aliphatic carbocycles. The average molecular weight is 250 g/mol. The van der Waals surface area contributed by atoms with Crippen molar-refractivity contribution < 1.29 is 0 Å². The van der Waals surface area contributed by atoms with E-state index in [9.17, 15) is 0 Å². The summed E-state index contributed by atoms with van der Waals surface area (Å²) in [7, 11) is 2.07. The second-order valence-corrected chi connectivity index (χ2v) is 6.28. The number of aromatic nitrogens is 2. The number of hydrogen-bond donors (Lipinski definition) is 0. The van der Waals surface area contributed by atoms with E-state index in [4.69, 9.17) is 0 Å². The molecular formula is C14H26N4. The Morgan fingerprint density at radius 2 is 1.94 bits per heavy atom. The quantitative estimate of drug-likeness (QED) is 0.799. The van der Waals surface area contributed by atoms with Gasteiger partial charge in [-0.3, -0.25) is 9.80 Å². The first kappa shape index (κ1) is 13.6. The molecule has 18 heavy (non-hydrogen) atoms. The van der Waals surface area contributed by atoms with Crippen LogP contribution in [0.15, 0.2) is 12.5 Å². The lowest BCUT2D eigenvalue weighted by Crippen LogP contribution is -2.43. The lowest BCUT2D eigenvalue weighted by atomic mass is 10.1. The summed E-state index contributed by atoms with van der Waals surface area (Å²) in [5, 5.41) is 0. The molecule has 0 radical (unpaired) electrons. The van der Waals surface area contributed by atoms with Crippen LogP contribution in [0.1, 0.15) is 32.9 Å². The molecule has 2 heterocycles. The van der Waals surface area contributed by atoms with Crippen LogP contribution in [0.25, 0.3) is 0 Å². The fraction of sp³-hybridized carbons (Fsp3) is 0.786. The van der Waals surface area contributed by atoms with Crippen LogP contribution >= 0.6 is 0 Å². The van der Waals surface area contributed by atoms with Crippen molar-refractivity contribution in [1.29, 1.82) is 0 Å². The molecule has 1 aliphatic rings. The number of hydrogen-bond acceptors (Lipinski definition) is 3. The minimum absolute atomic E-state index is 0.294. The minimum Gasteiger partial charge on any atom is -0.337 e. The monoisotopic (exact) mass is 250 g/mol. The number of rotatable bonds is 2.